The first-order valence-corrected chi connectivity index (χ1v) is 13.1. The van der Waals surface area contributed by atoms with Crippen LogP contribution in [0.25, 0.3) is 0 Å². The van der Waals surface area contributed by atoms with E-state index in [1.54, 1.807) is 39.8 Å². The van der Waals surface area contributed by atoms with Crippen LogP contribution in [-0.4, -0.2) is 44.4 Å². The van der Waals surface area contributed by atoms with E-state index in [0.29, 0.717) is 18.7 Å². The summed E-state index contributed by atoms with van der Waals surface area (Å²) in [4.78, 5) is 1.93. The van der Waals surface area contributed by atoms with Gasteiger partial charge in [0.1, 0.15) is 0 Å². The van der Waals surface area contributed by atoms with Gasteiger partial charge in [-0.05, 0) is 46.1 Å². The summed E-state index contributed by atoms with van der Waals surface area (Å²) in [5.41, 5.74) is 0.562. The van der Waals surface area contributed by atoms with Crippen molar-refractivity contribution in [3.63, 3.8) is 0 Å². The molecule has 0 unspecified atom stereocenters. The van der Waals surface area contributed by atoms with Crippen LogP contribution in [0.2, 0.25) is 0 Å². The Kier molecular flexibility index (Phi) is 8.90. The van der Waals surface area contributed by atoms with Crippen molar-refractivity contribution < 1.29 is 27.2 Å². The highest BCUT2D eigenvalue weighted by Crippen LogP contribution is 2.83. The molecular weight excluding hydrogens is 400 g/mol. The minimum atomic E-state index is -4.00. The minimum Gasteiger partial charge on any atom is -0.307 e. The van der Waals surface area contributed by atoms with Crippen LogP contribution in [-0.2, 0) is 32.2 Å². The number of nitrogens with zero attached hydrogens (tertiary/aromatic N) is 1. The Bertz CT molecular complexity index is 643. The molecule has 1 aliphatic heterocycles. The molecule has 1 saturated heterocycles. The van der Waals surface area contributed by atoms with Gasteiger partial charge < -0.3 is 18.1 Å². The van der Waals surface area contributed by atoms with Gasteiger partial charge in [0.15, 0.2) is 0 Å². The Morgan fingerprint density at radius 1 is 0.786 bits per heavy atom. The van der Waals surface area contributed by atoms with Crippen LogP contribution in [0.3, 0.4) is 0 Å². The van der Waals surface area contributed by atoms with Gasteiger partial charge in [0.05, 0.1) is 26.4 Å². The molecule has 0 aliphatic carbocycles. The van der Waals surface area contributed by atoms with Gasteiger partial charge in [-0.3, -0.25) is 14.0 Å². The van der Waals surface area contributed by atoms with Crippen LogP contribution in [0.1, 0.15) is 46.1 Å². The van der Waals surface area contributed by atoms with Crippen molar-refractivity contribution >= 4 is 15.2 Å². The topological polar surface area (TPSA) is 74.3 Å². The maximum absolute atomic E-state index is 14.4. The van der Waals surface area contributed by atoms with Gasteiger partial charge in [-0.25, -0.2) is 0 Å². The van der Waals surface area contributed by atoms with Crippen LogP contribution in [0.4, 0.5) is 0 Å². The van der Waals surface area contributed by atoms with Crippen LogP contribution in [0.5, 0.6) is 0 Å². The van der Waals surface area contributed by atoms with Crippen molar-refractivity contribution in [1.82, 2.24) is 4.90 Å². The first kappa shape index (κ1) is 23.8. The van der Waals surface area contributed by atoms with E-state index in [9.17, 15) is 9.13 Å². The molecule has 2 rings (SSSR count). The Balaban J connectivity index is 2.90. The molecule has 0 atom stereocenters. The standard InChI is InChI=1S/C19H33NO6P2/c1-5-23-27(21,24-6-2)19(20-16-12-13-17-20,18-14-10-9-11-15-18)28(22,25-7-3)26-8-4/h9-11,14-15H,5-8,12-13,16-17H2,1-4H3. The average molecular weight is 433 g/mol. The van der Waals surface area contributed by atoms with E-state index in [4.69, 9.17) is 18.1 Å². The quantitative estimate of drug-likeness (QED) is 0.407. The summed E-state index contributed by atoms with van der Waals surface area (Å²) in [5.74, 6) is 0. The van der Waals surface area contributed by atoms with Gasteiger partial charge in [-0.1, -0.05) is 30.3 Å². The van der Waals surface area contributed by atoms with Gasteiger partial charge in [0.2, 0.25) is 0 Å². The lowest BCUT2D eigenvalue weighted by molar-refractivity contribution is 0.119. The highest BCUT2D eigenvalue weighted by atomic mass is 31.2. The Labute approximate surface area is 168 Å². The molecule has 9 heteroatoms. The lowest BCUT2D eigenvalue weighted by Gasteiger charge is -2.47. The first-order valence-electron chi connectivity index (χ1n) is 10.0. The number of rotatable bonds is 12. The average Bonchev–Trinajstić information content (AvgIpc) is 3.18. The molecule has 1 aliphatic rings. The molecule has 0 radical (unpaired) electrons. The summed E-state index contributed by atoms with van der Waals surface area (Å²) in [6.45, 7) is 8.79. The van der Waals surface area contributed by atoms with E-state index in [1.807, 2.05) is 23.1 Å². The molecule has 1 aromatic rings. The zero-order valence-electron chi connectivity index (χ0n) is 17.3. The molecule has 160 valence electrons. The zero-order valence-corrected chi connectivity index (χ0v) is 19.1. The number of likely N-dealkylation sites (tertiary alicyclic amines) is 1. The molecule has 0 N–H and O–H groups in total. The third-order valence-electron chi connectivity index (χ3n) is 4.67. The molecule has 1 aromatic carbocycles. The fourth-order valence-electron chi connectivity index (χ4n) is 3.80. The molecule has 1 fully saturated rings. The van der Waals surface area contributed by atoms with Crippen LogP contribution in [0, 0.1) is 0 Å². The van der Waals surface area contributed by atoms with Crippen molar-refractivity contribution in [1.29, 1.82) is 0 Å². The smallest absolute Gasteiger partial charge is 0.307 e. The van der Waals surface area contributed by atoms with Crippen molar-refractivity contribution in [3.05, 3.63) is 35.9 Å². The van der Waals surface area contributed by atoms with Gasteiger partial charge in [-0.2, -0.15) is 0 Å². The molecule has 0 spiro atoms. The predicted octanol–water partition coefficient (Wildman–Crippen LogP) is 5.42. The zero-order chi connectivity index (χ0) is 20.7. The maximum atomic E-state index is 14.4. The molecule has 28 heavy (non-hydrogen) atoms. The molecule has 0 aromatic heterocycles. The molecule has 0 bridgehead atoms. The highest BCUT2D eigenvalue weighted by molar-refractivity contribution is 7.73. The summed E-state index contributed by atoms with van der Waals surface area (Å²) >= 11 is 0. The van der Waals surface area contributed by atoms with Crippen LogP contribution < -0.4 is 0 Å². The third-order valence-corrected chi connectivity index (χ3v) is 11.1. The van der Waals surface area contributed by atoms with Crippen molar-refractivity contribution in [2.45, 2.75) is 45.6 Å². The number of hydrogen-bond acceptors (Lipinski definition) is 7. The Morgan fingerprint density at radius 2 is 1.18 bits per heavy atom. The Morgan fingerprint density at radius 3 is 1.54 bits per heavy atom. The van der Waals surface area contributed by atoms with Crippen molar-refractivity contribution in [2.75, 3.05) is 39.5 Å². The summed E-state index contributed by atoms with van der Waals surface area (Å²) in [6, 6.07) is 9.10. The lowest BCUT2D eigenvalue weighted by atomic mass is 10.2. The SMILES string of the molecule is CCOP(=O)(OCC)C(c1ccccc1)(N1CCCC1)P(=O)(OCC)OCC. The van der Waals surface area contributed by atoms with E-state index >= 15 is 0 Å². The minimum absolute atomic E-state index is 0.151. The summed E-state index contributed by atoms with van der Waals surface area (Å²) in [7, 11) is -8.00. The molecule has 0 amide bonds. The molecule has 7 nitrogen and oxygen atoms in total. The van der Waals surface area contributed by atoms with E-state index in [1.165, 1.54) is 0 Å². The van der Waals surface area contributed by atoms with Gasteiger partial charge in [0.25, 0.3) is 5.02 Å². The van der Waals surface area contributed by atoms with Crippen molar-refractivity contribution in [3.8, 4) is 0 Å². The maximum Gasteiger partial charge on any atom is 0.367 e. The summed E-state index contributed by atoms with van der Waals surface area (Å²) < 4.78 is 52.0. The summed E-state index contributed by atoms with van der Waals surface area (Å²) in [5, 5.41) is -1.66. The van der Waals surface area contributed by atoms with Gasteiger partial charge >= 0.3 is 15.2 Å². The summed E-state index contributed by atoms with van der Waals surface area (Å²) in [6.07, 6.45) is 1.79. The second-order valence-corrected chi connectivity index (χ2v) is 11.0. The number of hydrogen-bond donors (Lipinski definition) is 0. The van der Waals surface area contributed by atoms with Crippen molar-refractivity contribution in [2.24, 2.45) is 0 Å². The lowest BCUT2D eigenvalue weighted by Crippen LogP contribution is -2.46. The Hall–Kier alpha value is -0.520. The molecular formula is C19H33NO6P2. The predicted molar refractivity (Wildman–Crippen MR) is 111 cm³/mol. The van der Waals surface area contributed by atoms with Crippen LogP contribution in [0.15, 0.2) is 30.3 Å². The fraction of sp³-hybridized carbons (Fsp3) is 0.684. The second kappa shape index (κ2) is 10.5. The molecule has 0 saturated carbocycles. The fourth-order valence-corrected chi connectivity index (χ4v) is 9.95. The van der Waals surface area contributed by atoms with E-state index < -0.39 is 20.2 Å². The van der Waals surface area contributed by atoms with Gasteiger partial charge in [0, 0.05) is 13.1 Å². The highest BCUT2D eigenvalue weighted by Gasteiger charge is 2.70. The largest absolute Gasteiger partial charge is 0.367 e. The van der Waals surface area contributed by atoms with Gasteiger partial charge in [-0.15, -0.1) is 0 Å². The van der Waals surface area contributed by atoms with E-state index in [-0.39, 0.29) is 26.4 Å². The van der Waals surface area contributed by atoms with E-state index in [2.05, 4.69) is 0 Å². The van der Waals surface area contributed by atoms with Crippen LogP contribution >= 0.6 is 15.2 Å². The second-order valence-electron chi connectivity index (χ2n) is 6.36. The normalized spacial score (nSPS) is 16.6. The number of benzene rings is 1. The van der Waals surface area contributed by atoms with E-state index in [0.717, 1.165) is 12.8 Å². The molecule has 1 heterocycles. The third kappa shape index (κ3) is 4.17. The first-order chi connectivity index (χ1) is 13.5. The monoisotopic (exact) mass is 433 g/mol.